The van der Waals surface area contributed by atoms with Gasteiger partial charge in [0.25, 0.3) is 0 Å². The third kappa shape index (κ3) is 6.58. The standard InChI is InChI=1S/C25H24ClF3O5/c1-3-4-18(11-23(30)31-2)17-5-8-20(9-6-17)33-15-24(13-32-14-24)16-34-22-10-7-19(12-21(22)26)25(27,28)29/h5-10,12,18H,11,13-16H2,1-2H3. The van der Waals surface area contributed by atoms with Crippen LogP contribution < -0.4 is 9.47 Å². The SMILES string of the molecule is CC#CC(CC(=O)OC)c1ccc(OCC2(COc3ccc(C(F)(F)F)cc3Cl)COC2)cc1. The van der Waals surface area contributed by atoms with E-state index >= 15 is 0 Å². The fourth-order valence-electron chi connectivity index (χ4n) is 3.33. The summed E-state index contributed by atoms with van der Waals surface area (Å²) in [4.78, 5) is 11.6. The maximum atomic E-state index is 12.8. The van der Waals surface area contributed by atoms with Gasteiger partial charge in [-0.3, -0.25) is 4.79 Å². The molecule has 2 aromatic rings. The first-order valence-electron chi connectivity index (χ1n) is 10.4. The molecule has 2 aromatic carbocycles. The van der Waals surface area contributed by atoms with E-state index in [4.69, 9.17) is 30.5 Å². The first-order chi connectivity index (χ1) is 16.2. The van der Waals surface area contributed by atoms with Gasteiger partial charge in [0.1, 0.15) is 24.7 Å². The van der Waals surface area contributed by atoms with Crippen molar-refractivity contribution in [2.45, 2.75) is 25.4 Å². The molecule has 182 valence electrons. The van der Waals surface area contributed by atoms with E-state index in [0.717, 1.165) is 17.7 Å². The fourth-order valence-corrected chi connectivity index (χ4v) is 3.57. The molecule has 3 rings (SSSR count). The molecule has 34 heavy (non-hydrogen) atoms. The van der Waals surface area contributed by atoms with Crippen LogP contribution in [-0.2, 0) is 20.4 Å². The summed E-state index contributed by atoms with van der Waals surface area (Å²) in [5.74, 6) is 6.00. The Morgan fingerprint density at radius 2 is 1.82 bits per heavy atom. The van der Waals surface area contributed by atoms with Crippen molar-refractivity contribution in [2.24, 2.45) is 5.41 Å². The van der Waals surface area contributed by atoms with E-state index in [1.165, 1.54) is 13.2 Å². The zero-order chi connectivity index (χ0) is 24.8. The number of benzene rings is 2. The number of hydrogen-bond acceptors (Lipinski definition) is 5. The van der Waals surface area contributed by atoms with E-state index in [1.54, 1.807) is 19.1 Å². The van der Waals surface area contributed by atoms with E-state index in [0.29, 0.717) is 19.0 Å². The van der Waals surface area contributed by atoms with Gasteiger partial charge in [0.2, 0.25) is 0 Å². The smallest absolute Gasteiger partial charge is 0.416 e. The number of carbonyl (C=O) groups excluding carboxylic acids is 1. The first-order valence-corrected chi connectivity index (χ1v) is 10.8. The van der Waals surface area contributed by atoms with Gasteiger partial charge in [0.15, 0.2) is 0 Å². The Morgan fingerprint density at radius 1 is 1.15 bits per heavy atom. The van der Waals surface area contributed by atoms with Crippen LogP contribution in [0, 0.1) is 17.3 Å². The average Bonchev–Trinajstić information content (AvgIpc) is 2.78. The molecule has 1 fully saturated rings. The summed E-state index contributed by atoms with van der Waals surface area (Å²) in [5, 5.41) is -0.113. The number of hydrogen-bond donors (Lipinski definition) is 0. The lowest BCUT2D eigenvalue weighted by atomic mass is 9.88. The Morgan fingerprint density at radius 3 is 2.35 bits per heavy atom. The van der Waals surface area contributed by atoms with Gasteiger partial charge in [-0.2, -0.15) is 13.2 Å². The van der Waals surface area contributed by atoms with Crippen LogP contribution in [0.2, 0.25) is 5.02 Å². The second-order valence-corrected chi connectivity index (χ2v) is 8.42. The predicted octanol–water partition coefficient (Wildman–Crippen LogP) is 5.50. The quantitative estimate of drug-likeness (QED) is 0.339. The molecular weight excluding hydrogens is 473 g/mol. The molecule has 1 saturated heterocycles. The average molecular weight is 497 g/mol. The van der Waals surface area contributed by atoms with Crippen molar-refractivity contribution in [3.63, 3.8) is 0 Å². The van der Waals surface area contributed by atoms with E-state index in [2.05, 4.69) is 11.8 Å². The lowest BCUT2D eigenvalue weighted by Crippen LogP contribution is -2.51. The molecule has 0 radical (unpaired) electrons. The van der Waals surface area contributed by atoms with Crippen LogP contribution >= 0.6 is 11.6 Å². The lowest BCUT2D eigenvalue weighted by Gasteiger charge is -2.40. The molecule has 0 bridgehead atoms. The summed E-state index contributed by atoms with van der Waals surface area (Å²) in [6.07, 6.45) is -4.32. The second-order valence-electron chi connectivity index (χ2n) is 8.01. The zero-order valence-corrected chi connectivity index (χ0v) is 19.5. The van der Waals surface area contributed by atoms with Gasteiger partial charge in [0, 0.05) is 0 Å². The highest BCUT2D eigenvalue weighted by Gasteiger charge is 2.41. The van der Waals surface area contributed by atoms with Gasteiger partial charge in [-0.1, -0.05) is 29.7 Å². The minimum Gasteiger partial charge on any atom is -0.493 e. The van der Waals surface area contributed by atoms with Crippen molar-refractivity contribution in [1.82, 2.24) is 0 Å². The zero-order valence-electron chi connectivity index (χ0n) is 18.7. The Balaban J connectivity index is 1.59. The van der Waals surface area contributed by atoms with Gasteiger partial charge in [-0.25, -0.2) is 0 Å². The largest absolute Gasteiger partial charge is 0.493 e. The molecule has 5 nitrogen and oxygen atoms in total. The molecule has 0 N–H and O–H groups in total. The summed E-state index contributed by atoms with van der Waals surface area (Å²) in [5.41, 5.74) is -0.419. The predicted molar refractivity (Wildman–Crippen MR) is 120 cm³/mol. The van der Waals surface area contributed by atoms with Crippen molar-refractivity contribution in [3.05, 3.63) is 58.6 Å². The van der Waals surface area contributed by atoms with E-state index < -0.39 is 17.2 Å². The van der Waals surface area contributed by atoms with Gasteiger partial charge in [-0.15, -0.1) is 5.92 Å². The highest BCUT2D eigenvalue weighted by molar-refractivity contribution is 6.32. The van der Waals surface area contributed by atoms with Crippen LogP contribution in [0.1, 0.15) is 30.4 Å². The van der Waals surface area contributed by atoms with Gasteiger partial charge >= 0.3 is 12.1 Å². The number of methoxy groups -OCH3 is 1. The van der Waals surface area contributed by atoms with E-state index in [1.807, 2.05) is 12.1 Å². The van der Waals surface area contributed by atoms with Crippen LogP contribution in [0.5, 0.6) is 11.5 Å². The monoisotopic (exact) mass is 496 g/mol. The molecule has 0 saturated carbocycles. The van der Waals surface area contributed by atoms with Crippen molar-refractivity contribution in [1.29, 1.82) is 0 Å². The summed E-state index contributed by atoms with van der Waals surface area (Å²) in [6.45, 7) is 2.93. The number of rotatable bonds is 9. The van der Waals surface area contributed by atoms with Crippen molar-refractivity contribution in [3.8, 4) is 23.3 Å². The Bertz CT molecular complexity index is 1050. The molecule has 0 amide bonds. The number of halogens is 4. The van der Waals surface area contributed by atoms with Crippen molar-refractivity contribution in [2.75, 3.05) is 33.5 Å². The summed E-state index contributed by atoms with van der Waals surface area (Å²) < 4.78 is 60.2. The highest BCUT2D eigenvalue weighted by Crippen LogP contribution is 2.36. The second kappa shape index (κ2) is 11.0. The number of ether oxygens (including phenoxy) is 4. The van der Waals surface area contributed by atoms with Crippen LogP contribution in [0.15, 0.2) is 42.5 Å². The molecule has 1 atom stereocenters. The minimum atomic E-state index is -4.48. The van der Waals surface area contributed by atoms with Crippen LogP contribution in [0.4, 0.5) is 13.2 Å². The van der Waals surface area contributed by atoms with Crippen LogP contribution in [0.25, 0.3) is 0 Å². The third-order valence-corrected chi connectivity index (χ3v) is 5.65. The summed E-state index contributed by atoms with van der Waals surface area (Å²) >= 11 is 5.98. The molecule has 9 heteroatoms. The van der Waals surface area contributed by atoms with Gasteiger partial charge < -0.3 is 18.9 Å². The topological polar surface area (TPSA) is 54.0 Å². The number of carbonyl (C=O) groups is 1. The van der Waals surface area contributed by atoms with Gasteiger partial charge in [0.05, 0.1) is 48.7 Å². The molecular formula is C25H24ClF3O5. The molecule has 0 aromatic heterocycles. The minimum absolute atomic E-state index is 0.113. The molecule has 1 aliphatic heterocycles. The Kier molecular flexibility index (Phi) is 8.34. The van der Waals surface area contributed by atoms with Gasteiger partial charge in [-0.05, 0) is 42.8 Å². The third-order valence-electron chi connectivity index (χ3n) is 5.35. The van der Waals surface area contributed by atoms with Crippen LogP contribution in [-0.4, -0.2) is 39.5 Å². The van der Waals surface area contributed by atoms with E-state index in [9.17, 15) is 18.0 Å². The maximum Gasteiger partial charge on any atom is 0.416 e. The molecule has 1 aliphatic rings. The summed E-state index contributed by atoms with van der Waals surface area (Å²) in [6, 6.07) is 10.2. The number of esters is 1. The summed E-state index contributed by atoms with van der Waals surface area (Å²) in [7, 11) is 1.34. The fraction of sp³-hybridized carbons (Fsp3) is 0.400. The molecule has 1 heterocycles. The Labute approximate surface area is 201 Å². The maximum absolute atomic E-state index is 12.8. The normalized spacial score (nSPS) is 15.4. The van der Waals surface area contributed by atoms with Crippen molar-refractivity contribution >= 4 is 17.6 Å². The lowest BCUT2D eigenvalue weighted by molar-refractivity contribution is -0.149. The highest BCUT2D eigenvalue weighted by atomic mass is 35.5. The van der Waals surface area contributed by atoms with Crippen LogP contribution in [0.3, 0.4) is 0 Å². The Hall–Kier alpha value is -2.89. The van der Waals surface area contributed by atoms with Crippen molar-refractivity contribution < 1.29 is 36.9 Å². The molecule has 1 unspecified atom stereocenters. The van der Waals surface area contributed by atoms with E-state index in [-0.39, 0.29) is 42.3 Å². The number of alkyl halides is 3. The molecule has 0 spiro atoms. The first kappa shape index (κ1) is 25.7. The molecule has 0 aliphatic carbocycles.